The number of aromatic nitrogens is 3. The zero-order valence-corrected chi connectivity index (χ0v) is 18.4. The van der Waals surface area contributed by atoms with E-state index in [1.807, 2.05) is 20.8 Å². The number of nitriles is 1. The fourth-order valence-corrected chi connectivity index (χ4v) is 3.11. The van der Waals surface area contributed by atoms with Crippen molar-refractivity contribution in [3.63, 3.8) is 0 Å². The van der Waals surface area contributed by atoms with Crippen molar-refractivity contribution in [1.82, 2.24) is 25.4 Å². The first-order valence-corrected chi connectivity index (χ1v) is 10.4. The zero-order valence-electron chi connectivity index (χ0n) is 18.4. The minimum Gasteiger partial charge on any atom is -0.444 e. The summed E-state index contributed by atoms with van der Waals surface area (Å²) >= 11 is 0. The molecular weight excluding hydrogens is 411 g/mol. The van der Waals surface area contributed by atoms with Crippen LogP contribution < -0.4 is 16.4 Å². The number of aliphatic imine (C=N–C) groups is 1. The molecule has 0 saturated carbocycles. The van der Waals surface area contributed by atoms with E-state index >= 15 is 0 Å². The minimum absolute atomic E-state index is 0.244. The van der Waals surface area contributed by atoms with Crippen molar-refractivity contribution in [2.75, 3.05) is 18.8 Å². The van der Waals surface area contributed by atoms with Gasteiger partial charge in [0.2, 0.25) is 5.89 Å². The molecular formula is C22H27FN8O. The predicted molar refractivity (Wildman–Crippen MR) is 120 cm³/mol. The van der Waals surface area contributed by atoms with Crippen LogP contribution in [0.1, 0.15) is 41.9 Å². The Morgan fingerprint density at radius 2 is 2.03 bits per heavy atom. The molecule has 0 aliphatic heterocycles. The van der Waals surface area contributed by atoms with Gasteiger partial charge in [0.1, 0.15) is 35.6 Å². The number of nitrogen functional groups attached to an aromatic ring is 1. The van der Waals surface area contributed by atoms with Crippen LogP contribution in [0.15, 0.2) is 33.7 Å². The summed E-state index contributed by atoms with van der Waals surface area (Å²) in [5, 5.41) is 20.4. The molecule has 0 atom stereocenters. The van der Waals surface area contributed by atoms with Crippen molar-refractivity contribution in [1.29, 1.82) is 5.26 Å². The van der Waals surface area contributed by atoms with Crippen LogP contribution in [0.3, 0.4) is 0 Å². The molecule has 0 radical (unpaired) electrons. The standard InChI is InChI=1S/C22H27FN8O/c1-4-26-22(28-13-20-29-14(2)15(3)32-20)27-11-5-6-19-18(12-24)21(25)31(30-19)17-9-7-16(23)8-10-17/h7-10H,4-6,11,13,25H2,1-3H3,(H2,26,27,28). The number of nitrogens with one attached hydrogen (secondary N) is 2. The Labute approximate surface area is 186 Å². The summed E-state index contributed by atoms with van der Waals surface area (Å²) in [4.78, 5) is 8.83. The van der Waals surface area contributed by atoms with E-state index < -0.39 is 0 Å². The van der Waals surface area contributed by atoms with Crippen LogP contribution in [-0.4, -0.2) is 33.8 Å². The molecule has 4 N–H and O–H groups in total. The number of halogens is 1. The summed E-state index contributed by atoms with van der Waals surface area (Å²) in [5.74, 6) is 1.90. The Morgan fingerprint density at radius 1 is 1.28 bits per heavy atom. The number of benzene rings is 1. The smallest absolute Gasteiger partial charge is 0.216 e. The molecule has 2 heterocycles. The van der Waals surface area contributed by atoms with E-state index in [2.05, 4.69) is 31.8 Å². The molecule has 0 bridgehead atoms. The molecule has 32 heavy (non-hydrogen) atoms. The highest BCUT2D eigenvalue weighted by atomic mass is 19.1. The van der Waals surface area contributed by atoms with Crippen LogP contribution in [0.2, 0.25) is 0 Å². The summed E-state index contributed by atoms with van der Waals surface area (Å²) in [6.45, 7) is 7.42. The first-order chi connectivity index (χ1) is 15.4. The third-order valence-electron chi connectivity index (χ3n) is 4.85. The zero-order chi connectivity index (χ0) is 23.1. The molecule has 0 saturated heterocycles. The second kappa shape index (κ2) is 10.4. The Balaban J connectivity index is 1.61. The molecule has 2 aromatic heterocycles. The summed E-state index contributed by atoms with van der Waals surface area (Å²) < 4.78 is 20.2. The lowest BCUT2D eigenvalue weighted by molar-refractivity contribution is 0.472. The van der Waals surface area contributed by atoms with Crippen LogP contribution in [0.4, 0.5) is 10.2 Å². The van der Waals surface area contributed by atoms with Gasteiger partial charge in [-0.15, -0.1) is 0 Å². The maximum atomic E-state index is 13.2. The van der Waals surface area contributed by atoms with E-state index in [-0.39, 0.29) is 11.6 Å². The number of rotatable bonds is 8. The molecule has 3 aromatic rings. The minimum atomic E-state index is -0.350. The van der Waals surface area contributed by atoms with Gasteiger partial charge in [-0.1, -0.05) is 0 Å². The largest absolute Gasteiger partial charge is 0.444 e. The number of hydrogen-bond donors (Lipinski definition) is 3. The van der Waals surface area contributed by atoms with Gasteiger partial charge in [-0.05, 0) is 57.9 Å². The quantitative estimate of drug-likeness (QED) is 0.280. The van der Waals surface area contributed by atoms with Crippen LogP contribution in [0.5, 0.6) is 0 Å². The second-order valence-electron chi connectivity index (χ2n) is 7.18. The van der Waals surface area contributed by atoms with Crippen molar-refractivity contribution >= 4 is 11.8 Å². The monoisotopic (exact) mass is 438 g/mol. The van der Waals surface area contributed by atoms with Gasteiger partial charge in [0.15, 0.2) is 5.96 Å². The lowest BCUT2D eigenvalue weighted by atomic mass is 10.1. The van der Waals surface area contributed by atoms with Gasteiger partial charge in [0.25, 0.3) is 0 Å². The van der Waals surface area contributed by atoms with Crippen LogP contribution >= 0.6 is 0 Å². The molecule has 3 rings (SSSR count). The highest BCUT2D eigenvalue weighted by Gasteiger charge is 2.16. The van der Waals surface area contributed by atoms with Crippen LogP contribution in [0, 0.1) is 31.0 Å². The van der Waals surface area contributed by atoms with E-state index in [9.17, 15) is 9.65 Å². The third kappa shape index (κ3) is 5.43. The second-order valence-corrected chi connectivity index (χ2v) is 7.18. The normalized spacial score (nSPS) is 11.4. The molecule has 0 unspecified atom stereocenters. The first-order valence-electron chi connectivity index (χ1n) is 10.4. The maximum Gasteiger partial charge on any atom is 0.216 e. The highest BCUT2D eigenvalue weighted by Crippen LogP contribution is 2.21. The number of aryl methyl sites for hydroxylation is 3. The van der Waals surface area contributed by atoms with Gasteiger partial charge in [-0.3, -0.25) is 0 Å². The fourth-order valence-electron chi connectivity index (χ4n) is 3.11. The fraction of sp³-hybridized carbons (Fsp3) is 0.364. The highest BCUT2D eigenvalue weighted by molar-refractivity contribution is 5.79. The molecule has 0 aliphatic carbocycles. The SMILES string of the molecule is CCNC(=NCc1nc(C)c(C)o1)NCCCc1nn(-c2ccc(F)cc2)c(N)c1C#N. The van der Waals surface area contributed by atoms with Gasteiger partial charge in [0, 0.05) is 13.1 Å². The maximum absolute atomic E-state index is 13.2. The van der Waals surface area contributed by atoms with Crippen LogP contribution in [0.25, 0.3) is 5.69 Å². The van der Waals surface area contributed by atoms with Crippen molar-refractivity contribution in [3.05, 3.63) is 58.7 Å². The number of oxazole rings is 1. The first kappa shape index (κ1) is 22.8. The molecule has 0 fully saturated rings. The topological polar surface area (TPSA) is 130 Å². The van der Waals surface area contributed by atoms with Gasteiger partial charge in [0.05, 0.1) is 17.1 Å². The van der Waals surface area contributed by atoms with Crippen molar-refractivity contribution < 1.29 is 8.81 Å². The van der Waals surface area contributed by atoms with Gasteiger partial charge in [-0.25, -0.2) is 19.0 Å². The molecule has 0 aliphatic rings. The summed E-state index contributed by atoms with van der Waals surface area (Å²) in [6, 6.07) is 7.92. The number of guanidine groups is 1. The summed E-state index contributed by atoms with van der Waals surface area (Å²) in [7, 11) is 0. The molecule has 0 spiro atoms. The average Bonchev–Trinajstić information content (AvgIpc) is 3.27. The Morgan fingerprint density at radius 3 is 2.66 bits per heavy atom. The number of nitrogens with zero attached hydrogens (tertiary/aromatic N) is 5. The number of hydrogen-bond acceptors (Lipinski definition) is 6. The molecule has 10 heteroatoms. The summed E-state index contributed by atoms with van der Waals surface area (Å²) in [6.07, 6.45) is 1.25. The lowest BCUT2D eigenvalue weighted by Crippen LogP contribution is -2.37. The Hall–Kier alpha value is -3.87. The molecule has 0 amide bonds. The third-order valence-corrected chi connectivity index (χ3v) is 4.85. The van der Waals surface area contributed by atoms with Crippen molar-refractivity contribution in [2.45, 2.75) is 40.2 Å². The van der Waals surface area contributed by atoms with Gasteiger partial charge >= 0.3 is 0 Å². The van der Waals surface area contributed by atoms with E-state index in [1.54, 1.807) is 12.1 Å². The van der Waals surface area contributed by atoms with Crippen molar-refractivity contribution in [2.24, 2.45) is 4.99 Å². The van der Waals surface area contributed by atoms with Gasteiger partial charge < -0.3 is 20.8 Å². The Kier molecular flexibility index (Phi) is 7.44. The van der Waals surface area contributed by atoms with E-state index in [1.165, 1.54) is 16.8 Å². The van der Waals surface area contributed by atoms with E-state index in [4.69, 9.17) is 10.2 Å². The van der Waals surface area contributed by atoms with Crippen molar-refractivity contribution in [3.8, 4) is 11.8 Å². The molecule has 9 nitrogen and oxygen atoms in total. The number of nitrogens with two attached hydrogens (primary N) is 1. The Bertz CT molecular complexity index is 1100. The van der Waals surface area contributed by atoms with Crippen LogP contribution in [-0.2, 0) is 13.0 Å². The van der Waals surface area contributed by atoms with E-state index in [0.29, 0.717) is 61.3 Å². The average molecular weight is 439 g/mol. The summed E-state index contributed by atoms with van der Waals surface area (Å²) in [5.41, 5.74) is 8.51. The molecule has 1 aromatic carbocycles. The van der Waals surface area contributed by atoms with E-state index in [0.717, 1.165) is 11.5 Å². The molecule has 168 valence electrons. The lowest BCUT2D eigenvalue weighted by Gasteiger charge is -2.10. The predicted octanol–water partition coefficient (Wildman–Crippen LogP) is 2.76. The number of anilines is 1. The van der Waals surface area contributed by atoms with Gasteiger partial charge in [-0.2, -0.15) is 10.4 Å².